The molecule has 4 rings (SSSR count). The molecule has 3 fully saturated rings. The Morgan fingerprint density at radius 3 is 2.48 bits per heavy atom. The number of hydrogen-bond donors (Lipinski definition) is 1. The lowest BCUT2D eigenvalue weighted by molar-refractivity contribution is -0.0594. The van der Waals surface area contributed by atoms with Gasteiger partial charge in [-0.2, -0.15) is 0 Å². The maximum atomic E-state index is 10.3. The molecule has 0 aromatic heterocycles. The quantitative estimate of drug-likeness (QED) is 0.356. The Balaban J connectivity index is 1.48. The third-order valence-electron chi connectivity index (χ3n) is 11.4. The van der Waals surface area contributed by atoms with Crippen molar-refractivity contribution < 1.29 is 9.53 Å². The van der Waals surface area contributed by atoms with Crippen LogP contribution >= 0.6 is 0 Å². The second kappa shape index (κ2) is 7.98. The Labute approximate surface area is 193 Å². The zero-order valence-corrected chi connectivity index (χ0v) is 22.8. The Kier molecular flexibility index (Phi) is 6.18. The summed E-state index contributed by atoms with van der Waals surface area (Å²) in [6, 6.07) is 0. The van der Waals surface area contributed by atoms with E-state index in [0.29, 0.717) is 21.8 Å². The summed E-state index contributed by atoms with van der Waals surface area (Å²) in [6.07, 6.45) is 12.5. The van der Waals surface area contributed by atoms with Gasteiger partial charge in [0.25, 0.3) is 0 Å². The van der Waals surface area contributed by atoms with E-state index in [2.05, 4.69) is 60.7 Å². The standard InChI is InChI=1S/C28H50O2Si/c1-19(18-30-31(7,8)26(2,3)4)23-11-12-24-22-10-9-20-17-21(29)13-15-27(20,5)25(22)14-16-28(23,24)6/h9,19,21-25,29H,10-18H2,1-8H3/t19-,21+,22+,23-,24+,25+,27+,28-/m1/s1. The molecule has 3 heteroatoms. The first-order chi connectivity index (χ1) is 14.3. The number of aliphatic hydroxyl groups excluding tert-OH is 1. The van der Waals surface area contributed by atoms with Crippen molar-refractivity contribution in [1.29, 1.82) is 0 Å². The third kappa shape index (κ3) is 3.93. The van der Waals surface area contributed by atoms with Crippen molar-refractivity contribution in [3.63, 3.8) is 0 Å². The van der Waals surface area contributed by atoms with Gasteiger partial charge in [0.2, 0.25) is 0 Å². The largest absolute Gasteiger partial charge is 0.417 e. The van der Waals surface area contributed by atoms with E-state index in [1.54, 1.807) is 5.57 Å². The molecule has 0 unspecified atom stereocenters. The number of aliphatic hydroxyl groups is 1. The van der Waals surface area contributed by atoms with Crippen molar-refractivity contribution >= 4 is 8.32 Å². The molecular formula is C28H50O2Si. The molecule has 0 saturated heterocycles. The lowest BCUT2D eigenvalue weighted by Gasteiger charge is -2.58. The number of rotatable bonds is 4. The Morgan fingerprint density at radius 2 is 1.81 bits per heavy atom. The molecule has 8 atom stereocenters. The van der Waals surface area contributed by atoms with E-state index in [1.165, 1.54) is 38.5 Å². The number of allylic oxidation sites excluding steroid dienone is 1. The minimum Gasteiger partial charge on any atom is -0.417 e. The third-order valence-corrected chi connectivity index (χ3v) is 15.9. The van der Waals surface area contributed by atoms with Gasteiger partial charge < -0.3 is 9.53 Å². The molecule has 0 radical (unpaired) electrons. The minimum atomic E-state index is -1.68. The lowest BCUT2D eigenvalue weighted by atomic mass is 9.47. The average Bonchev–Trinajstić information content (AvgIpc) is 3.03. The van der Waals surface area contributed by atoms with Crippen molar-refractivity contribution in [1.82, 2.24) is 0 Å². The fourth-order valence-electron chi connectivity index (χ4n) is 8.29. The molecule has 0 aromatic rings. The Bertz CT molecular complexity index is 706. The van der Waals surface area contributed by atoms with Crippen molar-refractivity contribution in [3.05, 3.63) is 11.6 Å². The van der Waals surface area contributed by atoms with Gasteiger partial charge in [-0.15, -0.1) is 0 Å². The highest BCUT2D eigenvalue weighted by molar-refractivity contribution is 6.74. The first-order valence-electron chi connectivity index (χ1n) is 13.3. The van der Waals surface area contributed by atoms with Gasteiger partial charge in [0.05, 0.1) is 6.10 Å². The first-order valence-corrected chi connectivity index (χ1v) is 16.2. The van der Waals surface area contributed by atoms with Gasteiger partial charge in [-0.05, 0) is 110 Å². The van der Waals surface area contributed by atoms with Gasteiger partial charge >= 0.3 is 0 Å². The molecule has 0 aliphatic heterocycles. The van der Waals surface area contributed by atoms with Gasteiger partial charge in [0.1, 0.15) is 0 Å². The molecule has 0 bridgehead atoms. The molecule has 4 aliphatic rings. The predicted octanol–water partition coefficient (Wildman–Crippen LogP) is 7.58. The van der Waals surface area contributed by atoms with E-state index < -0.39 is 8.32 Å². The van der Waals surface area contributed by atoms with Crippen molar-refractivity contribution in [2.45, 2.75) is 117 Å². The lowest BCUT2D eigenvalue weighted by Crippen LogP contribution is -2.51. The predicted molar refractivity (Wildman–Crippen MR) is 134 cm³/mol. The van der Waals surface area contributed by atoms with Crippen LogP contribution in [0.2, 0.25) is 18.1 Å². The van der Waals surface area contributed by atoms with Crippen molar-refractivity contribution in [2.75, 3.05) is 6.61 Å². The second-order valence-electron chi connectivity index (χ2n) is 13.9. The van der Waals surface area contributed by atoms with E-state index in [9.17, 15) is 5.11 Å². The molecule has 178 valence electrons. The summed E-state index contributed by atoms with van der Waals surface area (Å²) < 4.78 is 6.70. The molecule has 4 aliphatic carbocycles. The van der Waals surface area contributed by atoms with Crippen LogP contribution in [0.5, 0.6) is 0 Å². The summed E-state index contributed by atoms with van der Waals surface area (Å²) in [4.78, 5) is 0. The maximum Gasteiger partial charge on any atom is 0.191 e. The monoisotopic (exact) mass is 446 g/mol. The molecule has 1 N–H and O–H groups in total. The van der Waals surface area contributed by atoms with Crippen LogP contribution in [-0.2, 0) is 4.43 Å². The van der Waals surface area contributed by atoms with E-state index >= 15 is 0 Å². The molecule has 0 aromatic carbocycles. The molecule has 0 heterocycles. The van der Waals surface area contributed by atoms with Crippen LogP contribution in [0.1, 0.15) is 92.9 Å². The molecule has 0 spiro atoms. The highest BCUT2D eigenvalue weighted by Gasteiger charge is 2.59. The summed E-state index contributed by atoms with van der Waals surface area (Å²) in [5, 5.41) is 10.5. The summed E-state index contributed by atoms with van der Waals surface area (Å²) in [6.45, 7) is 20.5. The Hall–Kier alpha value is -0.123. The molecular weight excluding hydrogens is 396 g/mol. The van der Waals surface area contributed by atoms with E-state index in [4.69, 9.17) is 4.43 Å². The topological polar surface area (TPSA) is 29.5 Å². The zero-order valence-electron chi connectivity index (χ0n) is 21.8. The molecule has 31 heavy (non-hydrogen) atoms. The fourth-order valence-corrected chi connectivity index (χ4v) is 9.40. The van der Waals surface area contributed by atoms with Gasteiger partial charge in [0, 0.05) is 6.61 Å². The van der Waals surface area contributed by atoms with Crippen LogP contribution in [-0.4, -0.2) is 26.1 Å². The average molecular weight is 447 g/mol. The van der Waals surface area contributed by atoms with Crippen LogP contribution in [0.25, 0.3) is 0 Å². The molecule has 2 nitrogen and oxygen atoms in total. The Morgan fingerprint density at radius 1 is 1.10 bits per heavy atom. The van der Waals surface area contributed by atoms with E-state index in [1.807, 2.05) is 0 Å². The maximum absolute atomic E-state index is 10.3. The fraction of sp³-hybridized carbons (Fsp3) is 0.929. The summed E-state index contributed by atoms with van der Waals surface area (Å²) in [5.74, 6) is 4.07. The van der Waals surface area contributed by atoms with Gasteiger partial charge in [-0.25, -0.2) is 0 Å². The zero-order chi connectivity index (χ0) is 22.8. The first kappa shape index (κ1) is 24.0. The highest BCUT2D eigenvalue weighted by Crippen LogP contribution is 2.67. The number of fused-ring (bicyclic) bond motifs is 5. The summed E-state index contributed by atoms with van der Waals surface area (Å²) >= 11 is 0. The van der Waals surface area contributed by atoms with Crippen LogP contribution < -0.4 is 0 Å². The second-order valence-corrected chi connectivity index (χ2v) is 18.7. The smallest absolute Gasteiger partial charge is 0.191 e. The summed E-state index contributed by atoms with van der Waals surface area (Å²) in [7, 11) is -1.68. The normalized spacial score (nSPS) is 44.2. The van der Waals surface area contributed by atoms with Crippen LogP contribution in [0, 0.1) is 40.4 Å². The number of hydrogen-bond acceptors (Lipinski definition) is 2. The summed E-state index contributed by atoms with van der Waals surface area (Å²) in [5.41, 5.74) is 2.45. The molecule has 0 amide bonds. The van der Waals surface area contributed by atoms with Crippen LogP contribution in [0.15, 0.2) is 11.6 Å². The van der Waals surface area contributed by atoms with Crippen LogP contribution in [0.3, 0.4) is 0 Å². The molecule has 3 saturated carbocycles. The van der Waals surface area contributed by atoms with Crippen molar-refractivity contribution in [2.24, 2.45) is 40.4 Å². The van der Waals surface area contributed by atoms with Crippen LogP contribution in [0.4, 0.5) is 0 Å². The highest BCUT2D eigenvalue weighted by atomic mass is 28.4. The van der Waals surface area contributed by atoms with Gasteiger partial charge in [-0.1, -0.05) is 53.2 Å². The van der Waals surface area contributed by atoms with E-state index in [0.717, 1.165) is 43.1 Å². The SMILES string of the molecule is C[C@H](CO[Si](C)(C)C(C)(C)C)[C@H]1CC[C@H]2[C@@H]3CC=C4C[C@@H](O)CC[C@]4(C)[C@H]3CC[C@]12C. The van der Waals surface area contributed by atoms with Crippen molar-refractivity contribution in [3.8, 4) is 0 Å². The van der Waals surface area contributed by atoms with Gasteiger partial charge in [-0.3, -0.25) is 0 Å². The minimum absolute atomic E-state index is 0.0951. The van der Waals surface area contributed by atoms with Gasteiger partial charge in [0.15, 0.2) is 8.32 Å². The van der Waals surface area contributed by atoms with E-state index in [-0.39, 0.29) is 6.10 Å².